The van der Waals surface area contributed by atoms with Crippen LogP contribution in [0.1, 0.15) is 20.3 Å². The molecule has 3 N–H and O–H groups in total. The number of thiazole rings is 1. The molecule has 1 atom stereocenters. The van der Waals surface area contributed by atoms with E-state index in [1.54, 1.807) is 56.4 Å². The van der Waals surface area contributed by atoms with Crippen molar-refractivity contribution in [2.24, 2.45) is 0 Å². The maximum absolute atomic E-state index is 15.7. The summed E-state index contributed by atoms with van der Waals surface area (Å²) in [6.45, 7) is 3.96. The average Bonchev–Trinajstić information content (AvgIpc) is 3.28. The predicted molar refractivity (Wildman–Crippen MR) is 133 cm³/mol. The molecule has 1 unspecified atom stereocenters. The SMILES string of the molecule is CCNC(=O)Nc1nc2c(F)c(-c3ccc(OC(CC)C(=O)O)cc3)cc(-c3ccccn3)c2s1. The van der Waals surface area contributed by atoms with E-state index in [-0.39, 0.29) is 10.6 Å². The second-order valence-electron chi connectivity index (χ2n) is 7.56. The van der Waals surface area contributed by atoms with E-state index in [1.165, 1.54) is 11.3 Å². The van der Waals surface area contributed by atoms with Gasteiger partial charge in [-0.1, -0.05) is 36.5 Å². The summed E-state index contributed by atoms with van der Waals surface area (Å²) in [6, 6.07) is 13.3. The quantitative estimate of drug-likeness (QED) is 0.296. The Kier molecular flexibility index (Phi) is 7.21. The third-order valence-corrected chi connectivity index (χ3v) is 6.20. The molecule has 2 aromatic carbocycles. The summed E-state index contributed by atoms with van der Waals surface area (Å²) < 4.78 is 21.8. The van der Waals surface area contributed by atoms with Gasteiger partial charge in [-0.25, -0.2) is 19.0 Å². The summed E-state index contributed by atoms with van der Waals surface area (Å²) in [5, 5.41) is 14.8. The van der Waals surface area contributed by atoms with Gasteiger partial charge >= 0.3 is 12.0 Å². The number of hydrogen-bond acceptors (Lipinski definition) is 6. The number of carboxylic acid groups (broad SMARTS) is 1. The van der Waals surface area contributed by atoms with Gasteiger partial charge in [0.05, 0.1) is 10.4 Å². The molecular formula is C25H23FN4O4S. The highest BCUT2D eigenvalue weighted by atomic mass is 32.1. The maximum atomic E-state index is 15.7. The number of nitrogens with one attached hydrogen (secondary N) is 2. The van der Waals surface area contributed by atoms with E-state index < -0.39 is 23.9 Å². The number of aliphatic carboxylic acids is 1. The number of urea groups is 1. The Morgan fingerprint density at radius 3 is 2.54 bits per heavy atom. The highest BCUT2D eigenvalue weighted by Gasteiger charge is 2.21. The first-order valence-electron chi connectivity index (χ1n) is 11.0. The number of pyridine rings is 1. The minimum atomic E-state index is -1.05. The fraction of sp³-hybridized carbons (Fsp3) is 0.200. The largest absolute Gasteiger partial charge is 0.479 e. The molecule has 10 heteroatoms. The monoisotopic (exact) mass is 494 g/mol. The number of carbonyl (C=O) groups is 2. The number of nitrogens with zero attached hydrogens (tertiary/aromatic N) is 2. The molecule has 0 spiro atoms. The molecule has 4 rings (SSSR count). The van der Waals surface area contributed by atoms with Gasteiger partial charge < -0.3 is 15.2 Å². The van der Waals surface area contributed by atoms with Crippen molar-refractivity contribution >= 4 is 38.7 Å². The van der Waals surface area contributed by atoms with Gasteiger partial charge in [0.1, 0.15) is 11.3 Å². The number of anilines is 1. The van der Waals surface area contributed by atoms with Crippen molar-refractivity contribution < 1.29 is 23.8 Å². The molecule has 35 heavy (non-hydrogen) atoms. The minimum Gasteiger partial charge on any atom is -0.479 e. The second kappa shape index (κ2) is 10.5. The number of halogens is 1. The molecule has 180 valence electrons. The number of fused-ring (bicyclic) bond motifs is 1. The van der Waals surface area contributed by atoms with E-state index in [9.17, 15) is 14.7 Å². The van der Waals surface area contributed by atoms with E-state index in [0.29, 0.717) is 45.8 Å². The van der Waals surface area contributed by atoms with E-state index in [4.69, 9.17) is 4.74 Å². The molecule has 0 bridgehead atoms. The lowest BCUT2D eigenvalue weighted by atomic mass is 9.99. The van der Waals surface area contributed by atoms with Gasteiger partial charge in [0, 0.05) is 23.9 Å². The zero-order chi connectivity index (χ0) is 24.9. The Hall–Kier alpha value is -4.05. The Morgan fingerprint density at radius 2 is 1.91 bits per heavy atom. The van der Waals surface area contributed by atoms with Crippen LogP contribution in [-0.4, -0.2) is 39.7 Å². The van der Waals surface area contributed by atoms with Crippen molar-refractivity contribution in [3.8, 4) is 28.1 Å². The van der Waals surface area contributed by atoms with Crippen LogP contribution in [0.4, 0.5) is 14.3 Å². The number of aromatic nitrogens is 2. The van der Waals surface area contributed by atoms with Gasteiger partial charge in [0.15, 0.2) is 17.1 Å². The Morgan fingerprint density at radius 1 is 1.14 bits per heavy atom. The lowest BCUT2D eigenvalue weighted by Crippen LogP contribution is -2.28. The zero-order valence-corrected chi connectivity index (χ0v) is 19.9. The average molecular weight is 495 g/mol. The van der Waals surface area contributed by atoms with Crippen LogP contribution in [0.15, 0.2) is 54.7 Å². The van der Waals surface area contributed by atoms with Crippen molar-refractivity contribution in [3.05, 3.63) is 60.5 Å². The highest BCUT2D eigenvalue weighted by Crippen LogP contribution is 2.40. The number of benzene rings is 2. The number of rotatable bonds is 8. The lowest BCUT2D eigenvalue weighted by Gasteiger charge is -2.14. The summed E-state index contributed by atoms with van der Waals surface area (Å²) in [7, 11) is 0. The Balaban J connectivity index is 1.78. The first-order chi connectivity index (χ1) is 16.9. The number of amides is 2. The molecule has 0 aliphatic heterocycles. The second-order valence-corrected chi connectivity index (χ2v) is 8.56. The molecule has 2 aromatic heterocycles. The van der Waals surface area contributed by atoms with Gasteiger partial charge in [0.25, 0.3) is 0 Å². The van der Waals surface area contributed by atoms with Crippen molar-refractivity contribution in [2.75, 3.05) is 11.9 Å². The molecule has 8 nitrogen and oxygen atoms in total. The summed E-state index contributed by atoms with van der Waals surface area (Å²) >= 11 is 1.17. The Labute approximate surface area is 204 Å². The molecule has 4 aromatic rings. The lowest BCUT2D eigenvalue weighted by molar-refractivity contribution is -0.145. The van der Waals surface area contributed by atoms with Gasteiger partial charge in [-0.3, -0.25) is 10.3 Å². The standard InChI is InChI=1S/C25H23FN4O4S/c1-3-19(23(31)32)34-15-10-8-14(9-11-15)16-13-17(18-7-5-6-12-28-18)22-21(20(16)26)29-25(35-22)30-24(33)27-4-2/h5-13,19H,3-4H2,1-2H3,(H,31,32)(H2,27,29,30,33). The van der Waals surface area contributed by atoms with Crippen molar-refractivity contribution in [3.63, 3.8) is 0 Å². The third-order valence-electron chi connectivity index (χ3n) is 5.19. The van der Waals surface area contributed by atoms with Crippen molar-refractivity contribution in [2.45, 2.75) is 26.4 Å². The van der Waals surface area contributed by atoms with Crippen molar-refractivity contribution in [1.29, 1.82) is 0 Å². The van der Waals surface area contributed by atoms with Crippen LogP contribution in [0.2, 0.25) is 0 Å². The summed E-state index contributed by atoms with van der Waals surface area (Å²) in [5.74, 6) is -1.21. The van der Waals surface area contributed by atoms with Crippen LogP contribution in [-0.2, 0) is 4.79 Å². The minimum absolute atomic E-state index is 0.122. The Bertz CT molecular complexity index is 1360. The number of hydrogen-bond donors (Lipinski definition) is 3. The molecule has 2 heterocycles. The summed E-state index contributed by atoms with van der Waals surface area (Å²) in [5.41, 5.74) is 2.29. The van der Waals surface area contributed by atoms with E-state index in [2.05, 4.69) is 20.6 Å². The molecule has 0 saturated heterocycles. The van der Waals surface area contributed by atoms with Crippen LogP contribution in [0.3, 0.4) is 0 Å². The van der Waals surface area contributed by atoms with Crippen LogP contribution in [0.25, 0.3) is 32.6 Å². The van der Waals surface area contributed by atoms with Gasteiger partial charge in [0.2, 0.25) is 0 Å². The van der Waals surface area contributed by atoms with E-state index in [1.807, 2.05) is 12.1 Å². The summed E-state index contributed by atoms with van der Waals surface area (Å²) in [6.07, 6.45) is 1.000. The molecule has 0 radical (unpaired) electrons. The first-order valence-corrected chi connectivity index (χ1v) is 11.8. The number of carboxylic acids is 1. The molecule has 2 amide bonds. The predicted octanol–water partition coefficient (Wildman–Crippen LogP) is 5.55. The van der Waals surface area contributed by atoms with Gasteiger partial charge in [-0.2, -0.15) is 0 Å². The molecular weight excluding hydrogens is 471 g/mol. The topological polar surface area (TPSA) is 113 Å². The summed E-state index contributed by atoms with van der Waals surface area (Å²) in [4.78, 5) is 32.0. The molecule has 0 aliphatic carbocycles. The third kappa shape index (κ3) is 5.22. The maximum Gasteiger partial charge on any atom is 0.344 e. The van der Waals surface area contributed by atoms with Crippen LogP contribution in [0, 0.1) is 5.82 Å². The fourth-order valence-electron chi connectivity index (χ4n) is 3.52. The zero-order valence-electron chi connectivity index (χ0n) is 19.0. The van der Waals surface area contributed by atoms with Gasteiger partial charge in [-0.15, -0.1) is 0 Å². The number of ether oxygens (including phenoxy) is 1. The van der Waals surface area contributed by atoms with Crippen molar-refractivity contribution in [1.82, 2.24) is 15.3 Å². The molecule has 0 saturated carbocycles. The number of carbonyl (C=O) groups excluding carboxylic acids is 1. The fourth-order valence-corrected chi connectivity index (χ4v) is 4.50. The highest BCUT2D eigenvalue weighted by molar-refractivity contribution is 7.22. The van der Waals surface area contributed by atoms with Gasteiger partial charge in [-0.05, 0) is 49.2 Å². The molecule has 0 fully saturated rings. The normalized spacial score (nSPS) is 11.7. The molecule has 0 aliphatic rings. The van der Waals surface area contributed by atoms with Crippen LogP contribution in [0.5, 0.6) is 5.75 Å². The van der Waals surface area contributed by atoms with E-state index in [0.717, 1.165) is 0 Å². The first kappa shape index (κ1) is 24.1. The van der Waals surface area contributed by atoms with Crippen LogP contribution < -0.4 is 15.4 Å². The van der Waals surface area contributed by atoms with E-state index >= 15 is 4.39 Å². The van der Waals surface area contributed by atoms with Crippen LogP contribution >= 0.6 is 11.3 Å². The smallest absolute Gasteiger partial charge is 0.344 e.